The molecule has 0 unspecified atom stereocenters. The normalized spacial score (nSPS) is 17.9. The van der Waals surface area contributed by atoms with Gasteiger partial charge in [-0.1, -0.05) is 26.7 Å². The van der Waals surface area contributed by atoms with E-state index in [-0.39, 0.29) is 17.9 Å². The Morgan fingerprint density at radius 1 is 1.35 bits per heavy atom. The molecule has 0 atom stereocenters. The van der Waals surface area contributed by atoms with Gasteiger partial charge < -0.3 is 10.8 Å². The van der Waals surface area contributed by atoms with Gasteiger partial charge in [-0.15, -0.1) is 0 Å². The second kappa shape index (κ2) is 6.36. The highest BCUT2D eigenvalue weighted by molar-refractivity contribution is 5.82. The highest BCUT2D eigenvalue weighted by Crippen LogP contribution is 2.26. The first-order valence-electron chi connectivity index (χ1n) is 6.67. The first kappa shape index (κ1) is 14.5. The Morgan fingerprint density at radius 3 is 2.41 bits per heavy atom. The van der Waals surface area contributed by atoms with Crippen molar-refractivity contribution < 1.29 is 5.11 Å². The van der Waals surface area contributed by atoms with Crippen molar-refractivity contribution in [2.24, 2.45) is 11.1 Å². The number of rotatable bonds is 7. The monoisotopic (exact) mass is 241 g/mol. The molecule has 0 heterocycles. The smallest absolute Gasteiger partial charge is 0.0963 e. The number of hydrogen-bond acceptors (Lipinski definition) is 3. The zero-order valence-corrected chi connectivity index (χ0v) is 11.2. The van der Waals surface area contributed by atoms with Crippen molar-refractivity contribution >= 4 is 5.84 Å². The molecule has 0 aromatic carbocycles. The van der Waals surface area contributed by atoms with Crippen molar-refractivity contribution in [3.8, 4) is 0 Å². The highest BCUT2D eigenvalue weighted by atomic mass is 16.3. The Morgan fingerprint density at radius 2 is 1.94 bits per heavy atom. The van der Waals surface area contributed by atoms with Crippen LogP contribution in [0.3, 0.4) is 0 Å². The molecule has 4 heteroatoms. The number of aliphatic hydroxyl groups is 1. The van der Waals surface area contributed by atoms with E-state index in [9.17, 15) is 0 Å². The van der Waals surface area contributed by atoms with Crippen molar-refractivity contribution in [2.45, 2.75) is 52.0 Å². The summed E-state index contributed by atoms with van der Waals surface area (Å²) in [6, 6.07) is 0.630. The number of hydrogen-bond donors (Lipinski definition) is 3. The topological polar surface area (TPSA) is 73.3 Å². The molecule has 100 valence electrons. The first-order chi connectivity index (χ1) is 7.97. The van der Waals surface area contributed by atoms with E-state index in [0.717, 1.165) is 19.5 Å². The SMILES string of the molecule is CC(C)(CCN(CCO)C1CCCC1)C(=N)N. The van der Waals surface area contributed by atoms with E-state index < -0.39 is 0 Å². The minimum absolute atomic E-state index is 0.219. The van der Waals surface area contributed by atoms with Gasteiger partial charge in [-0.25, -0.2) is 0 Å². The number of amidine groups is 1. The van der Waals surface area contributed by atoms with Crippen LogP contribution in [0.5, 0.6) is 0 Å². The van der Waals surface area contributed by atoms with Crippen molar-refractivity contribution in [2.75, 3.05) is 19.7 Å². The first-order valence-corrected chi connectivity index (χ1v) is 6.67. The number of nitrogens with one attached hydrogen (secondary N) is 1. The van der Waals surface area contributed by atoms with Crippen LogP contribution >= 0.6 is 0 Å². The molecule has 1 rings (SSSR count). The molecule has 1 aliphatic carbocycles. The van der Waals surface area contributed by atoms with Crippen LogP contribution in [-0.2, 0) is 0 Å². The summed E-state index contributed by atoms with van der Waals surface area (Å²) >= 11 is 0. The number of nitrogens with two attached hydrogens (primary N) is 1. The van der Waals surface area contributed by atoms with Crippen LogP contribution in [0, 0.1) is 10.8 Å². The van der Waals surface area contributed by atoms with E-state index in [1.165, 1.54) is 25.7 Å². The molecule has 1 fully saturated rings. The van der Waals surface area contributed by atoms with Gasteiger partial charge in [-0.05, 0) is 25.8 Å². The fourth-order valence-electron chi connectivity index (χ4n) is 2.43. The van der Waals surface area contributed by atoms with Crippen LogP contribution in [0.4, 0.5) is 0 Å². The molecule has 0 spiro atoms. The lowest BCUT2D eigenvalue weighted by Gasteiger charge is -2.32. The maximum atomic E-state index is 9.13. The lowest BCUT2D eigenvalue weighted by Crippen LogP contribution is -2.40. The quantitative estimate of drug-likeness (QED) is 0.468. The minimum atomic E-state index is -0.230. The summed E-state index contributed by atoms with van der Waals surface area (Å²) in [6.07, 6.45) is 6.01. The predicted molar refractivity (Wildman–Crippen MR) is 71.2 cm³/mol. The largest absolute Gasteiger partial charge is 0.395 e. The van der Waals surface area contributed by atoms with Crippen LogP contribution in [0.1, 0.15) is 46.0 Å². The Labute approximate surface area is 105 Å². The average Bonchev–Trinajstić information content (AvgIpc) is 2.77. The lowest BCUT2D eigenvalue weighted by atomic mass is 9.87. The Kier molecular flexibility index (Phi) is 5.40. The average molecular weight is 241 g/mol. The highest BCUT2D eigenvalue weighted by Gasteiger charge is 2.26. The zero-order chi connectivity index (χ0) is 12.9. The van der Waals surface area contributed by atoms with E-state index in [0.29, 0.717) is 6.04 Å². The minimum Gasteiger partial charge on any atom is -0.395 e. The molecule has 17 heavy (non-hydrogen) atoms. The summed E-state index contributed by atoms with van der Waals surface area (Å²) in [5.74, 6) is 0.257. The van der Waals surface area contributed by atoms with E-state index >= 15 is 0 Å². The molecule has 0 aliphatic heterocycles. The molecule has 1 aliphatic rings. The van der Waals surface area contributed by atoms with Gasteiger partial charge in [0.05, 0.1) is 12.4 Å². The van der Waals surface area contributed by atoms with Crippen LogP contribution in [0.2, 0.25) is 0 Å². The zero-order valence-electron chi connectivity index (χ0n) is 11.2. The molecule has 1 saturated carbocycles. The van der Waals surface area contributed by atoms with Crippen molar-refractivity contribution in [3.05, 3.63) is 0 Å². The second-order valence-corrected chi connectivity index (χ2v) is 5.75. The van der Waals surface area contributed by atoms with Gasteiger partial charge in [0, 0.05) is 18.0 Å². The summed E-state index contributed by atoms with van der Waals surface area (Å²) in [5.41, 5.74) is 5.37. The van der Waals surface area contributed by atoms with Crippen molar-refractivity contribution in [1.29, 1.82) is 5.41 Å². The van der Waals surface area contributed by atoms with Crippen LogP contribution in [-0.4, -0.2) is 41.6 Å². The third-order valence-corrected chi connectivity index (χ3v) is 3.98. The van der Waals surface area contributed by atoms with Gasteiger partial charge in [0.15, 0.2) is 0 Å². The van der Waals surface area contributed by atoms with Gasteiger partial charge in [0.1, 0.15) is 0 Å². The van der Waals surface area contributed by atoms with Crippen LogP contribution in [0.25, 0.3) is 0 Å². The van der Waals surface area contributed by atoms with Crippen LogP contribution < -0.4 is 5.73 Å². The third kappa shape index (κ3) is 4.28. The fraction of sp³-hybridized carbons (Fsp3) is 0.923. The molecule has 0 bridgehead atoms. The Hall–Kier alpha value is -0.610. The van der Waals surface area contributed by atoms with Gasteiger partial charge in [-0.2, -0.15) is 0 Å². The summed E-state index contributed by atoms with van der Waals surface area (Å²) in [6.45, 7) is 5.93. The Balaban J connectivity index is 2.46. The molecule has 0 aromatic rings. The maximum absolute atomic E-state index is 9.13. The molecule has 0 aromatic heterocycles. The van der Waals surface area contributed by atoms with Crippen LogP contribution in [0.15, 0.2) is 0 Å². The molecule has 4 N–H and O–H groups in total. The molecule has 0 radical (unpaired) electrons. The van der Waals surface area contributed by atoms with Gasteiger partial charge >= 0.3 is 0 Å². The second-order valence-electron chi connectivity index (χ2n) is 5.75. The standard InChI is InChI=1S/C13H27N3O/c1-13(2,12(14)15)7-8-16(9-10-17)11-5-3-4-6-11/h11,17H,3-10H2,1-2H3,(H3,14,15). The van der Waals surface area contributed by atoms with E-state index in [4.69, 9.17) is 16.2 Å². The number of nitrogens with zero attached hydrogens (tertiary/aromatic N) is 1. The lowest BCUT2D eigenvalue weighted by molar-refractivity contribution is 0.141. The van der Waals surface area contributed by atoms with Gasteiger partial charge in [0.25, 0.3) is 0 Å². The summed E-state index contributed by atoms with van der Waals surface area (Å²) in [7, 11) is 0. The molecule has 0 saturated heterocycles. The van der Waals surface area contributed by atoms with E-state index in [1.807, 2.05) is 13.8 Å². The van der Waals surface area contributed by atoms with Crippen molar-refractivity contribution in [1.82, 2.24) is 4.90 Å². The van der Waals surface area contributed by atoms with E-state index in [2.05, 4.69) is 4.90 Å². The molecule has 4 nitrogen and oxygen atoms in total. The summed E-state index contributed by atoms with van der Waals surface area (Å²) in [4.78, 5) is 2.37. The molecule has 0 amide bonds. The summed E-state index contributed by atoms with van der Waals surface area (Å²) < 4.78 is 0. The Bertz CT molecular complexity index is 247. The van der Waals surface area contributed by atoms with Gasteiger partial charge in [0.2, 0.25) is 0 Å². The van der Waals surface area contributed by atoms with E-state index in [1.54, 1.807) is 0 Å². The van der Waals surface area contributed by atoms with Gasteiger partial charge in [-0.3, -0.25) is 10.3 Å². The van der Waals surface area contributed by atoms with Crippen molar-refractivity contribution in [3.63, 3.8) is 0 Å². The fourth-order valence-corrected chi connectivity index (χ4v) is 2.43. The predicted octanol–water partition coefficient (Wildman–Crippen LogP) is 1.58. The summed E-state index contributed by atoms with van der Waals surface area (Å²) in [5, 5.41) is 16.7. The third-order valence-electron chi connectivity index (χ3n) is 3.98. The molecular weight excluding hydrogens is 214 g/mol. The maximum Gasteiger partial charge on any atom is 0.0963 e. The molecular formula is C13H27N3O. The number of aliphatic hydroxyl groups excluding tert-OH is 1.